The predicted molar refractivity (Wildman–Crippen MR) is 289 cm³/mol. The van der Waals surface area contributed by atoms with Crippen LogP contribution in [-0.2, 0) is 41.7 Å². The summed E-state index contributed by atoms with van der Waals surface area (Å²) in [5.74, 6) is 2.55. The van der Waals surface area contributed by atoms with Gasteiger partial charge in [-0.1, -0.05) is 43.5 Å². The number of rotatable bonds is 7. The normalized spacial score (nSPS) is 18.4. The summed E-state index contributed by atoms with van der Waals surface area (Å²) in [6, 6.07) is 12.8. The van der Waals surface area contributed by atoms with E-state index in [0.717, 1.165) is 40.5 Å². The summed E-state index contributed by atoms with van der Waals surface area (Å²) in [5.41, 5.74) is 3.21. The number of fused-ring (bicyclic) bond motifs is 4. The largest absolute Gasteiger partial charge is 1.00 e. The van der Waals surface area contributed by atoms with Gasteiger partial charge in [-0.15, -0.1) is 33.2 Å². The van der Waals surface area contributed by atoms with Crippen molar-refractivity contribution in [1.29, 1.82) is 0 Å². The molecule has 6 aromatic rings. The summed E-state index contributed by atoms with van der Waals surface area (Å²) in [6.45, 7) is 28.4. The summed E-state index contributed by atoms with van der Waals surface area (Å²) in [7, 11) is 2.93. The first kappa shape index (κ1) is 67.9. The SMILES string of the molecule is CC(Cl)Cl.CC1C(=O)N(C)Cc2c(Br)nc(C3CC3)n21.O=CO[O-].[C-]#[N+]c1nc2cccc(-c3nc(C4CC4)n4c3CN(C)C(=O)C4C)c2cc1C(F)F.[C-]#[N+]c1nc2cccc(B3OC(C)(C)C(C)(C)O3)c2cc1C(F)F.[H-].[K+].[K+]. The van der Waals surface area contributed by atoms with E-state index in [1.165, 1.54) is 25.0 Å². The summed E-state index contributed by atoms with van der Waals surface area (Å²) in [5, 5.41) is 9.48. The quantitative estimate of drug-likeness (QED) is 0.0378. The molecule has 2 aromatic carbocycles. The van der Waals surface area contributed by atoms with Crippen molar-refractivity contribution in [3.8, 4) is 11.3 Å². The molecule has 17 nitrogen and oxygen atoms in total. The van der Waals surface area contributed by atoms with Gasteiger partial charge in [-0.25, -0.2) is 27.5 Å². The topological polar surface area (TPSA) is 179 Å². The van der Waals surface area contributed by atoms with E-state index in [4.69, 9.17) is 60.7 Å². The van der Waals surface area contributed by atoms with Crippen LogP contribution in [0.3, 0.4) is 0 Å². The van der Waals surface area contributed by atoms with Crippen molar-refractivity contribution in [3.05, 3.63) is 110 Å². The smallest absolute Gasteiger partial charge is 1.00 e. The number of aromatic nitrogens is 6. The van der Waals surface area contributed by atoms with E-state index in [1.807, 2.05) is 59.2 Å². The maximum Gasteiger partial charge on any atom is 1.00 e. The minimum Gasteiger partial charge on any atom is -1.00 e. The van der Waals surface area contributed by atoms with E-state index in [0.29, 0.717) is 63.5 Å². The van der Waals surface area contributed by atoms with Crippen molar-refractivity contribution >= 4 is 103 Å². The monoisotopic (exact) mass is 1260 g/mol. The number of hydrogen-bond donors (Lipinski definition) is 0. The van der Waals surface area contributed by atoms with Crippen molar-refractivity contribution in [2.75, 3.05) is 14.1 Å². The number of imidazole rings is 2. The number of likely N-dealkylation sites (N-methyl/N-ethyl adjacent to an activating group) is 2. The van der Waals surface area contributed by atoms with Crippen LogP contribution < -0.4 is 113 Å². The van der Waals surface area contributed by atoms with Crippen LogP contribution >= 0.6 is 39.1 Å². The number of benzene rings is 2. The van der Waals surface area contributed by atoms with Crippen molar-refractivity contribution in [3.63, 3.8) is 0 Å². The Balaban J connectivity index is 0.000000248. The Hall–Kier alpha value is -2.93. The third-order valence-corrected chi connectivity index (χ3v) is 14.8. The third kappa shape index (κ3) is 14.8. The van der Waals surface area contributed by atoms with Gasteiger partial charge in [-0.05, 0) is 114 Å². The van der Waals surface area contributed by atoms with Crippen LogP contribution in [0.4, 0.5) is 29.2 Å². The molecular weight excluding hydrogens is 1200 g/mol. The molecule has 3 aliphatic heterocycles. The molecule has 27 heteroatoms. The predicted octanol–water partition coefficient (Wildman–Crippen LogP) is 5.44. The summed E-state index contributed by atoms with van der Waals surface area (Å²) in [6.07, 6.45) is -1.07. The molecule has 2 amide bonds. The van der Waals surface area contributed by atoms with Crippen molar-refractivity contribution in [1.82, 2.24) is 38.9 Å². The molecule has 414 valence electrons. The van der Waals surface area contributed by atoms with Gasteiger partial charge in [-0.2, -0.15) is 0 Å². The molecule has 2 atom stereocenters. The summed E-state index contributed by atoms with van der Waals surface area (Å²) >= 11 is 13.6. The van der Waals surface area contributed by atoms with Crippen LogP contribution in [0.1, 0.15) is 147 Å². The van der Waals surface area contributed by atoms with Crippen LogP contribution in [0.25, 0.3) is 42.8 Å². The first-order chi connectivity index (χ1) is 36.8. The minimum absolute atomic E-state index is 0. The first-order valence-electron chi connectivity index (χ1n) is 24.7. The number of pyridine rings is 2. The van der Waals surface area contributed by atoms with E-state index in [2.05, 4.69) is 50.0 Å². The second kappa shape index (κ2) is 28.3. The molecule has 4 aromatic heterocycles. The fraction of sp³-hybridized carbons (Fsp3) is 0.453. The average molecular weight is 1260 g/mol. The zero-order valence-corrected chi connectivity index (χ0v) is 55.4. The van der Waals surface area contributed by atoms with Crippen LogP contribution in [-0.4, -0.2) is 94.4 Å². The Morgan fingerprint density at radius 1 is 0.775 bits per heavy atom. The van der Waals surface area contributed by atoms with Gasteiger partial charge in [-0.3, -0.25) is 14.4 Å². The first-order valence-corrected chi connectivity index (χ1v) is 26.4. The van der Waals surface area contributed by atoms with E-state index in [1.54, 1.807) is 54.1 Å². The number of alkyl halides is 6. The van der Waals surface area contributed by atoms with Gasteiger partial charge in [0.15, 0.2) is 11.0 Å². The zero-order valence-electron chi connectivity index (χ0n) is 47.0. The van der Waals surface area contributed by atoms with E-state index in [-0.39, 0.29) is 162 Å². The fourth-order valence-electron chi connectivity index (χ4n) is 9.34. The molecule has 0 spiro atoms. The molecule has 3 fully saturated rings. The molecule has 11 rings (SSSR count). The van der Waals surface area contributed by atoms with Crippen molar-refractivity contribution in [2.24, 2.45) is 0 Å². The van der Waals surface area contributed by atoms with Gasteiger partial charge in [0.25, 0.3) is 31.0 Å². The molecule has 2 saturated carbocycles. The van der Waals surface area contributed by atoms with Gasteiger partial charge >= 0.3 is 110 Å². The van der Waals surface area contributed by atoms with E-state index in [9.17, 15) is 27.2 Å². The number of carbonyl (C=O) groups is 3. The van der Waals surface area contributed by atoms with Gasteiger partial charge in [0.05, 0.1) is 41.4 Å². The molecule has 0 radical (unpaired) electrons. The minimum atomic E-state index is -2.79. The number of nitrogens with zero attached hydrogens (tertiary/aromatic N) is 10. The molecule has 2 unspecified atom stereocenters. The maximum absolute atomic E-state index is 13.6. The Labute approximate surface area is 566 Å². The Morgan fingerprint density at radius 2 is 1.19 bits per heavy atom. The van der Waals surface area contributed by atoms with E-state index < -0.39 is 31.2 Å². The molecule has 7 heterocycles. The maximum atomic E-state index is 13.6. The Morgan fingerprint density at radius 3 is 1.62 bits per heavy atom. The van der Waals surface area contributed by atoms with Gasteiger partial charge in [0.2, 0.25) is 11.8 Å². The molecule has 0 N–H and O–H groups in total. The van der Waals surface area contributed by atoms with Gasteiger partial charge < -0.3 is 49.5 Å². The summed E-state index contributed by atoms with van der Waals surface area (Å²) < 4.78 is 70.7. The molecule has 1 saturated heterocycles. The van der Waals surface area contributed by atoms with Gasteiger partial charge in [0, 0.05) is 53.4 Å². The fourth-order valence-corrected chi connectivity index (χ4v) is 9.84. The molecular formula is C53H56BBrCl2F4K2N10O7. The number of carbonyl (C=O) groups excluding carboxylic acids is 3. The number of halogens is 7. The van der Waals surface area contributed by atoms with Gasteiger partial charge in [0.1, 0.15) is 33.2 Å². The van der Waals surface area contributed by atoms with Crippen LogP contribution in [0.5, 0.6) is 0 Å². The standard InChI is InChI=1S/C22H19F2N5O.C17H17BF2N2O2.C11H14BrN3O.C2H4Cl2.CH2O3.2K.H/c1-11-22(30)28(3)10-17-18(27-21(29(11)17)12-7-8-12)13-5-4-6-16-14(13)9-15(19(23)24)20(25-2)26-16;1-16(2)17(3,4)24-18(23-16)12-7-6-8-13-10(12)9-11(14(19)20)15(21-5)22-13;1-6-11(16)14(2)5-8-9(12)13-10(15(6)8)7-3-4-7;1-2(3)4;2-1-4-3;;;/h4-6,9,11-12,19H,7-8,10H2,1,3H3;6-9,14H,1-4H3;6-7H,3-5H2,1-2H3;2H,1H3;1,3H;;;/q;;;;;2*+1;-1/p-1. The second-order valence-corrected chi connectivity index (χ2v) is 22.5. The molecule has 80 heavy (non-hydrogen) atoms. The number of amides is 2. The third-order valence-electron chi connectivity index (χ3n) is 14.2. The second-order valence-electron chi connectivity index (χ2n) is 20.2. The van der Waals surface area contributed by atoms with Crippen LogP contribution in [0.15, 0.2) is 53.1 Å². The number of hydrogen-bond acceptors (Lipinski definition) is 11. The molecule has 2 aliphatic carbocycles. The van der Waals surface area contributed by atoms with Crippen LogP contribution in [0, 0.1) is 13.1 Å². The Kier molecular flexibility index (Phi) is 24.0. The zero-order chi connectivity index (χ0) is 57.3. The van der Waals surface area contributed by atoms with Crippen molar-refractivity contribution in [2.45, 2.75) is 140 Å². The van der Waals surface area contributed by atoms with E-state index >= 15 is 0 Å². The Bertz CT molecular complexity index is 3350. The molecule has 5 aliphatic rings. The summed E-state index contributed by atoms with van der Waals surface area (Å²) in [4.78, 5) is 63.0. The molecule has 0 bridgehead atoms. The van der Waals surface area contributed by atoms with Crippen LogP contribution in [0.2, 0.25) is 0 Å². The average Bonchev–Trinajstić information content (AvgIpc) is 4.44. The van der Waals surface area contributed by atoms with Crippen molar-refractivity contribution < 1.29 is 156 Å².